The number of benzene rings is 2. The van der Waals surface area contributed by atoms with Gasteiger partial charge in [-0.3, -0.25) is 14.5 Å². The third kappa shape index (κ3) is 3.69. The first-order chi connectivity index (χ1) is 14.8. The number of imide groups is 2. The summed E-state index contributed by atoms with van der Waals surface area (Å²) in [4.78, 5) is 40.7. The van der Waals surface area contributed by atoms with Crippen LogP contribution in [0.4, 0.5) is 10.5 Å². The number of nitrogens with zero attached hydrogens (tertiary/aromatic N) is 3. The summed E-state index contributed by atoms with van der Waals surface area (Å²) < 4.78 is 3.19. The first kappa shape index (κ1) is 21.0. The Bertz CT molecular complexity index is 1240. The first-order valence-corrected chi connectivity index (χ1v) is 10.8. The van der Waals surface area contributed by atoms with Crippen LogP contribution in [0.3, 0.4) is 0 Å². The van der Waals surface area contributed by atoms with Crippen molar-refractivity contribution in [3.8, 4) is 5.69 Å². The van der Waals surface area contributed by atoms with Gasteiger partial charge in [0.05, 0.1) is 5.69 Å². The zero-order chi connectivity index (χ0) is 22.3. The quantitative estimate of drug-likeness (QED) is 0.283. The topological polar surface area (TPSA) is 62.6 Å². The smallest absolute Gasteiger partial charge is 0.318 e. The van der Waals surface area contributed by atoms with Crippen molar-refractivity contribution in [3.05, 3.63) is 86.8 Å². The van der Waals surface area contributed by atoms with E-state index in [-0.39, 0.29) is 5.57 Å². The van der Waals surface area contributed by atoms with Gasteiger partial charge in [-0.2, -0.15) is 0 Å². The van der Waals surface area contributed by atoms with E-state index < -0.39 is 17.8 Å². The minimum absolute atomic E-state index is 0.0474. The Labute approximate surface area is 193 Å². The van der Waals surface area contributed by atoms with Crippen molar-refractivity contribution in [2.24, 2.45) is 0 Å². The number of para-hydroxylation sites is 1. The van der Waals surface area contributed by atoms with Gasteiger partial charge in [-0.1, -0.05) is 24.3 Å². The SMILES string of the molecule is Cc1cc(/C=C2\C(=O)N(C)C(=O)N(c3ccccc3)C2=O)c(C)n1-c1cccc(I)c1. The molecule has 4 rings (SSSR count). The van der Waals surface area contributed by atoms with Gasteiger partial charge in [0.1, 0.15) is 5.57 Å². The monoisotopic (exact) mass is 525 g/mol. The molecule has 3 aromatic rings. The molecule has 0 radical (unpaired) electrons. The Morgan fingerprint density at radius 2 is 1.52 bits per heavy atom. The Kier molecular flexibility index (Phi) is 5.53. The largest absolute Gasteiger partial charge is 0.338 e. The van der Waals surface area contributed by atoms with Gasteiger partial charge >= 0.3 is 6.03 Å². The number of aromatic nitrogens is 1. The zero-order valence-electron chi connectivity index (χ0n) is 17.3. The number of hydrogen-bond donors (Lipinski definition) is 0. The lowest BCUT2D eigenvalue weighted by Crippen LogP contribution is -2.55. The lowest BCUT2D eigenvalue weighted by molar-refractivity contribution is -0.128. The highest BCUT2D eigenvalue weighted by Gasteiger charge is 2.41. The molecule has 156 valence electrons. The van der Waals surface area contributed by atoms with Crippen molar-refractivity contribution in [2.45, 2.75) is 13.8 Å². The maximum Gasteiger partial charge on any atom is 0.338 e. The molecule has 1 aromatic heterocycles. The standard InChI is InChI=1S/C24H20IN3O3/c1-15-12-17(16(2)27(15)20-11-7-8-18(25)14-20)13-21-22(29)26(3)24(31)28(23(21)30)19-9-5-4-6-10-19/h4-14H,1-3H3/b21-13+. The average molecular weight is 525 g/mol. The third-order valence-corrected chi connectivity index (χ3v) is 5.97. The predicted molar refractivity (Wildman–Crippen MR) is 128 cm³/mol. The van der Waals surface area contributed by atoms with Crippen LogP contribution in [-0.2, 0) is 9.59 Å². The minimum atomic E-state index is -0.664. The second-order valence-electron chi connectivity index (χ2n) is 7.32. The highest BCUT2D eigenvalue weighted by molar-refractivity contribution is 14.1. The summed E-state index contributed by atoms with van der Waals surface area (Å²) >= 11 is 2.27. The van der Waals surface area contributed by atoms with Crippen LogP contribution >= 0.6 is 22.6 Å². The fourth-order valence-corrected chi connectivity index (χ4v) is 4.27. The number of amides is 4. The van der Waals surface area contributed by atoms with Crippen LogP contribution in [-0.4, -0.2) is 34.4 Å². The van der Waals surface area contributed by atoms with E-state index in [0.29, 0.717) is 5.69 Å². The Morgan fingerprint density at radius 3 is 2.19 bits per heavy atom. The van der Waals surface area contributed by atoms with E-state index in [1.54, 1.807) is 36.4 Å². The highest BCUT2D eigenvalue weighted by Crippen LogP contribution is 2.28. The number of barbiturate groups is 1. The number of aryl methyl sites for hydroxylation is 1. The lowest BCUT2D eigenvalue weighted by Gasteiger charge is -2.31. The van der Waals surface area contributed by atoms with E-state index in [4.69, 9.17) is 0 Å². The summed E-state index contributed by atoms with van der Waals surface area (Å²) in [5, 5.41) is 0. The van der Waals surface area contributed by atoms with Crippen molar-refractivity contribution in [2.75, 3.05) is 11.9 Å². The van der Waals surface area contributed by atoms with Crippen LogP contribution in [0.5, 0.6) is 0 Å². The minimum Gasteiger partial charge on any atom is -0.318 e. The third-order valence-electron chi connectivity index (χ3n) is 5.30. The van der Waals surface area contributed by atoms with Crippen LogP contribution in [0.25, 0.3) is 11.8 Å². The normalized spacial score (nSPS) is 15.9. The van der Waals surface area contributed by atoms with E-state index in [9.17, 15) is 14.4 Å². The molecule has 0 aliphatic carbocycles. The van der Waals surface area contributed by atoms with Crippen molar-refractivity contribution >= 4 is 52.2 Å². The average Bonchev–Trinajstić information content (AvgIpc) is 3.03. The molecule has 4 amide bonds. The molecule has 2 heterocycles. The molecule has 0 atom stereocenters. The number of urea groups is 1. The first-order valence-electron chi connectivity index (χ1n) is 9.67. The maximum absolute atomic E-state index is 13.2. The molecule has 2 aromatic carbocycles. The molecule has 6 nitrogen and oxygen atoms in total. The number of carbonyl (C=O) groups is 3. The fraction of sp³-hybridized carbons (Fsp3) is 0.125. The molecule has 1 fully saturated rings. The predicted octanol–water partition coefficient (Wildman–Crippen LogP) is 4.71. The Balaban J connectivity index is 1.81. The van der Waals surface area contributed by atoms with E-state index in [1.165, 1.54) is 7.05 Å². The van der Waals surface area contributed by atoms with Crippen molar-refractivity contribution in [3.63, 3.8) is 0 Å². The van der Waals surface area contributed by atoms with Crippen LogP contribution < -0.4 is 4.90 Å². The van der Waals surface area contributed by atoms with Gasteiger partial charge in [0.2, 0.25) is 0 Å². The number of likely N-dealkylation sites (N-methyl/N-ethyl adjacent to an activating group) is 1. The van der Waals surface area contributed by atoms with E-state index in [1.807, 2.05) is 38.1 Å². The molecule has 31 heavy (non-hydrogen) atoms. The number of carbonyl (C=O) groups excluding carboxylic acids is 3. The van der Waals surface area contributed by atoms with Gasteiger partial charge in [-0.05, 0) is 84.5 Å². The molecule has 1 saturated heterocycles. The molecule has 1 aliphatic heterocycles. The molecule has 1 aliphatic rings. The summed E-state index contributed by atoms with van der Waals surface area (Å²) in [5.74, 6) is -1.24. The summed E-state index contributed by atoms with van der Waals surface area (Å²) in [6.07, 6.45) is 1.58. The van der Waals surface area contributed by atoms with Crippen molar-refractivity contribution < 1.29 is 14.4 Å². The molecular formula is C24H20IN3O3. The number of anilines is 1. The maximum atomic E-state index is 13.2. The summed E-state index contributed by atoms with van der Waals surface area (Å²) in [6, 6.07) is 18.0. The van der Waals surface area contributed by atoms with Crippen LogP contribution in [0, 0.1) is 17.4 Å². The van der Waals surface area contributed by atoms with E-state index in [2.05, 4.69) is 33.2 Å². The molecular weight excluding hydrogens is 505 g/mol. The van der Waals surface area contributed by atoms with Gasteiger partial charge in [0.25, 0.3) is 11.8 Å². The zero-order valence-corrected chi connectivity index (χ0v) is 19.5. The van der Waals surface area contributed by atoms with Gasteiger partial charge < -0.3 is 4.57 Å². The highest BCUT2D eigenvalue weighted by atomic mass is 127. The Hall–Kier alpha value is -3.20. The molecule has 7 heteroatoms. The summed E-state index contributed by atoms with van der Waals surface area (Å²) in [6.45, 7) is 3.92. The molecule has 0 spiro atoms. The molecule has 0 bridgehead atoms. The van der Waals surface area contributed by atoms with Crippen LogP contribution in [0.15, 0.2) is 66.2 Å². The fourth-order valence-electron chi connectivity index (χ4n) is 3.75. The van der Waals surface area contributed by atoms with E-state index in [0.717, 1.165) is 36.0 Å². The summed E-state index contributed by atoms with van der Waals surface area (Å²) in [7, 11) is 1.38. The molecule has 0 saturated carbocycles. The van der Waals surface area contributed by atoms with Gasteiger partial charge in [-0.15, -0.1) is 0 Å². The number of hydrogen-bond acceptors (Lipinski definition) is 3. The van der Waals surface area contributed by atoms with Gasteiger partial charge in [0, 0.05) is 27.7 Å². The molecule has 0 unspecified atom stereocenters. The van der Waals surface area contributed by atoms with Gasteiger partial charge in [-0.25, -0.2) is 9.69 Å². The van der Waals surface area contributed by atoms with Crippen molar-refractivity contribution in [1.82, 2.24) is 9.47 Å². The second-order valence-corrected chi connectivity index (χ2v) is 8.57. The van der Waals surface area contributed by atoms with Gasteiger partial charge in [0.15, 0.2) is 0 Å². The summed E-state index contributed by atoms with van der Waals surface area (Å²) in [5.41, 5.74) is 4.01. The van der Waals surface area contributed by atoms with Crippen LogP contribution in [0.1, 0.15) is 17.0 Å². The number of rotatable bonds is 3. The van der Waals surface area contributed by atoms with Crippen molar-refractivity contribution in [1.29, 1.82) is 0 Å². The Morgan fingerprint density at radius 1 is 0.839 bits per heavy atom. The lowest BCUT2D eigenvalue weighted by atomic mass is 10.1. The van der Waals surface area contributed by atoms with E-state index >= 15 is 0 Å². The number of halogens is 1. The second kappa shape index (κ2) is 8.14. The van der Waals surface area contributed by atoms with Crippen LogP contribution in [0.2, 0.25) is 0 Å². The molecule has 0 N–H and O–H groups in total.